The molecule has 0 aliphatic rings. The average molecular weight is 192 g/mol. The molecular formula is C12H16O2. The van der Waals surface area contributed by atoms with Gasteiger partial charge in [0.05, 0.1) is 0 Å². The number of rotatable bonds is 4. The predicted molar refractivity (Wildman–Crippen MR) is 56.5 cm³/mol. The Kier molecular flexibility index (Phi) is 3.69. The smallest absolute Gasteiger partial charge is 0.163 e. The molecule has 1 aromatic rings. The molecule has 0 fully saturated rings. The van der Waals surface area contributed by atoms with Crippen LogP contribution in [0, 0.1) is 5.92 Å². The molecule has 0 heterocycles. The molecule has 1 atom stereocenters. The summed E-state index contributed by atoms with van der Waals surface area (Å²) < 4.78 is 0. The van der Waals surface area contributed by atoms with Crippen molar-refractivity contribution >= 4 is 5.78 Å². The van der Waals surface area contributed by atoms with Crippen LogP contribution in [0.1, 0.15) is 37.0 Å². The second-order valence-corrected chi connectivity index (χ2v) is 3.69. The molecule has 2 nitrogen and oxygen atoms in total. The van der Waals surface area contributed by atoms with Crippen LogP contribution in [-0.4, -0.2) is 10.9 Å². The number of carbonyl (C=O) groups excluding carboxylic acids is 1. The molecule has 0 radical (unpaired) electrons. The fourth-order valence-corrected chi connectivity index (χ4v) is 1.23. The Hall–Kier alpha value is -1.31. The maximum Gasteiger partial charge on any atom is 0.163 e. The van der Waals surface area contributed by atoms with Gasteiger partial charge in [-0.25, -0.2) is 0 Å². The van der Waals surface area contributed by atoms with E-state index in [1.54, 1.807) is 24.3 Å². The van der Waals surface area contributed by atoms with Gasteiger partial charge in [-0.3, -0.25) is 4.79 Å². The van der Waals surface area contributed by atoms with E-state index < -0.39 is 0 Å². The summed E-state index contributed by atoms with van der Waals surface area (Å²) in [5.41, 5.74) is 0.683. The van der Waals surface area contributed by atoms with Crippen LogP contribution in [0.2, 0.25) is 0 Å². The van der Waals surface area contributed by atoms with Crippen molar-refractivity contribution in [2.45, 2.75) is 26.7 Å². The number of phenolic OH excluding ortho intramolecular Hbond substituents is 1. The summed E-state index contributed by atoms with van der Waals surface area (Å²) in [6.07, 6.45) is 1.60. The van der Waals surface area contributed by atoms with Crippen LogP contribution < -0.4 is 0 Å². The van der Waals surface area contributed by atoms with Gasteiger partial charge < -0.3 is 5.11 Å². The summed E-state index contributed by atoms with van der Waals surface area (Å²) in [7, 11) is 0. The average Bonchev–Trinajstić information content (AvgIpc) is 2.18. The zero-order valence-corrected chi connectivity index (χ0v) is 8.66. The molecule has 0 saturated carbocycles. The molecule has 14 heavy (non-hydrogen) atoms. The highest BCUT2D eigenvalue weighted by molar-refractivity contribution is 5.96. The minimum absolute atomic E-state index is 0.152. The van der Waals surface area contributed by atoms with Crippen molar-refractivity contribution in [3.05, 3.63) is 29.8 Å². The van der Waals surface area contributed by atoms with Gasteiger partial charge in [0.2, 0.25) is 0 Å². The number of Topliss-reactive ketones (excluding diaryl/α,β-unsaturated/α-hetero) is 1. The van der Waals surface area contributed by atoms with E-state index >= 15 is 0 Å². The van der Waals surface area contributed by atoms with Gasteiger partial charge in [0, 0.05) is 12.0 Å². The largest absolute Gasteiger partial charge is 0.508 e. The normalized spacial score (nSPS) is 12.4. The van der Waals surface area contributed by atoms with Crippen molar-refractivity contribution in [1.29, 1.82) is 0 Å². The molecular weight excluding hydrogens is 176 g/mol. The van der Waals surface area contributed by atoms with Crippen molar-refractivity contribution < 1.29 is 9.90 Å². The van der Waals surface area contributed by atoms with Crippen LogP contribution in [0.3, 0.4) is 0 Å². The quantitative estimate of drug-likeness (QED) is 0.744. The van der Waals surface area contributed by atoms with E-state index in [-0.39, 0.29) is 11.5 Å². The van der Waals surface area contributed by atoms with E-state index in [0.717, 1.165) is 6.42 Å². The van der Waals surface area contributed by atoms with Crippen LogP contribution in [-0.2, 0) is 0 Å². The Morgan fingerprint density at radius 1 is 1.36 bits per heavy atom. The number of ketones is 1. The van der Waals surface area contributed by atoms with Gasteiger partial charge in [-0.2, -0.15) is 0 Å². The third-order valence-corrected chi connectivity index (χ3v) is 2.42. The van der Waals surface area contributed by atoms with Crippen molar-refractivity contribution in [3.8, 4) is 5.75 Å². The highest BCUT2D eigenvalue weighted by Gasteiger charge is 2.09. The molecule has 1 aromatic carbocycles. The van der Waals surface area contributed by atoms with Crippen molar-refractivity contribution in [1.82, 2.24) is 0 Å². The Morgan fingerprint density at radius 3 is 2.43 bits per heavy atom. The van der Waals surface area contributed by atoms with E-state index in [1.165, 1.54) is 0 Å². The lowest BCUT2D eigenvalue weighted by Crippen LogP contribution is -2.04. The third kappa shape index (κ3) is 2.87. The second kappa shape index (κ2) is 4.80. The van der Waals surface area contributed by atoms with E-state index in [9.17, 15) is 4.79 Å². The first kappa shape index (κ1) is 10.8. The summed E-state index contributed by atoms with van der Waals surface area (Å²) in [6.45, 7) is 4.15. The van der Waals surface area contributed by atoms with Crippen LogP contribution in [0.25, 0.3) is 0 Å². The predicted octanol–water partition coefficient (Wildman–Crippen LogP) is 3.01. The molecule has 0 spiro atoms. The van der Waals surface area contributed by atoms with E-state index in [4.69, 9.17) is 5.11 Å². The molecule has 76 valence electrons. The molecule has 1 rings (SSSR count). The lowest BCUT2D eigenvalue weighted by Gasteiger charge is -2.06. The lowest BCUT2D eigenvalue weighted by atomic mass is 9.98. The summed E-state index contributed by atoms with van der Waals surface area (Å²) in [5.74, 6) is 0.778. The molecule has 0 bridgehead atoms. The Morgan fingerprint density at radius 2 is 1.93 bits per heavy atom. The Balaban J connectivity index is 2.65. The van der Waals surface area contributed by atoms with Gasteiger partial charge in [-0.1, -0.05) is 20.3 Å². The Labute approximate surface area is 84.6 Å². The zero-order valence-electron chi connectivity index (χ0n) is 8.66. The van der Waals surface area contributed by atoms with Crippen molar-refractivity contribution in [3.63, 3.8) is 0 Å². The highest BCUT2D eigenvalue weighted by Crippen LogP contribution is 2.15. The van der Waals surface area contributed by atoms with Crippen molar-refractivity contribution in [2.24, 2.45) is 5.92 Å². The molecule has 0 aliphatic carbocycles. The number of benzene rings is 1. The third-order valence-electron chi connectivity index (χ3n) is 2.42. The van der Waals surface area contributed by atoms with Crippen molar-refractivity contribution in [2.75, 3.05) is 0 Å². The molecule has 1 N–H and O–H groups in total. The number of aromatic hydroxyl groups is 1. The lowest BCUT2D eigenvalue weighted by molar-refractivity contribution is 0.0963. The Bertz CT molecular complexity index is 301. The van der Waals surface area contributed by atoms with E-state index in [2.05, 4.69) is 13.8 Å². The van der Waals surface area contributed by atoms with E-state index in [1.807, 2.05) is 0 Å². The fourth-order valence-electron chi connectivity index (χ4n) is 1.23. The summed E-state index contributed by atoms with van der Waals surface area (Å²) in [4.78, 5) is 11.6. The standard InChI is InChI=1S/C12H16O2/c1-3-9(2)8-12(14)10-4-6-11(13)7-5-10/h4-7,9,13H,3,8H2,1-2H3. The SMILES string of the molecule is CCC(C)CC(=O)c1ccc(O)cc1. The maximum atomic E-state index is 11.6. The molecule has 1 unspecified atom stereocenters. The van der Waals surface area contributed by atoms with Crippen LogP contribution >= 0.6 is 0 Å². The molecule has 0 aromatic heterocycles. The minimum atomic E-state index is 0.152. The maximum absolute atomic E-state index is 11.6. The molecule has 0 aliphatic heterocycles. The van der Waals surface area contributed by atoms with Gasteiger partial charge in [0.15, 0.2) is 5.78 Å². The molecule has 2 heteroatoms. The fraction of sp³-hybridized carbons (Fsp3) is 0.417. The van der Waals surface area contributed by atoms with Crippen LogP contribution in [0.4, 0.5) is 0 Å². The topological polar surface area (TPSA) is 37.3 Å². The molecule has 0 amide bonds. The highest BCUT2D eigenvalue weighted by atomic mass is 16.3. The number of hydrogen-bond donors (Lipinski definition) is 1. The van der Waals surface area contributed by atoms with Gasteiger partial charge in [-0.15, -0.1) is 0 Å². The van der Waals surface area contributed by atoms with E-state index in [0.29, 0.717) is 17.9 Å². The summed E-state index contributed by atoms with van der Waals surface area (Å²) in [5, 5.41) is 9.06. The summed E-state index contributed by atoms with van der Waals surface area (Å²) >= 11 is 0. The number of phenols is 1. The monoisotopic (exact) mass is 192 g/mol. The first-order valence-corrected chi connectivity index (χ1v) is 4.95. The van der Waals surface area contributed by atoms with Crippen LogP contribution in [0.15, 0.2) is 24.3 Å². The van der Waals surface area contributed by atoms with Gasteiger partial charge in [0.25, 0.3) is 0 Å². The second-order valence-electron chi connectivity index (χ2n) is 3.69. The van der Waals surface area contributed by atoms with Gasteiger partial charge >= 0.3 is 0 Å². The minimum Gasteiger partial charge on any atom is -0.508 e. The van der Waals surface area contributed by atoms with Crippen LogP contribution in [0.5, 0.6) is 5.75 Å². The van der Waals surface area contributed by atoms with Gasteiger partial charge in [0.1, 0.15) is 5.75 Å². The summed E-state index contributed by atoms with van der Waals surface area (Å²) in [6, 6.07) is 6.42. The number of carbonyl (C=O) groups is 1. The van der Waals surface area contributed by atoms with Gasteiger partial charge in [-0.05, 0) is 30.2 Å². The molecule has 0 saturated heterocycles. The number of hydrogen-bond acceptors (Lipinski definition) is 2. The zero-order chi connectivity index (χ0) is 10.6. The first-order valence-electron chi connectivity index (χ1n) is 4.95. The first-order chi connectivity index (χ1) is 6.63.